The summed E-state index contributed by atoms with van der Waals surface area (Å²) >= 11 is 3.30. The molecule has 1 fully saturated rings. The molecule has 1 saturated carbocycles. The van der Waals surface area contributed by atoms with Crippen LogP contribution < -0.4 is 5.56 Å². The van der Waals surface area contributed by atoms with Gasteiger partial charge in [0.05, 0.1) is 26.6 Å². The van der Waals surface area contributed by atoms with Crippen LogP contribution in [-0.4, -0.2) is 24.0 Å². The first kappa shape index (κ1) is 11.7. The van der Waals surface area contributed by atoms with Crippen molar-refractivity contribution < 1.29 is 4.21 Å². The lowest BCUT2D eigenvalue weighted by molar-refractivity contribution is 0.519. The second kappa shape index (κ2) is 3.96. The van der Waals surface area contributed by atoms with Gasteiger partial charge in [-0.25, -0.2) is 9.97 Å². The van der Waals surface area contributed by atoms with Gasteiger partial charge in [-0.05, 0) is 34.8 Å². The monoisotopic (exact) mass is 339 g/mol. The van der Waals surface area contributed by atoms with Gasteiger partial charge < -0.3 is 0 Å². The van der Waals surface area contributed by atoms with E-state index in [1.807, 2.05) is 0 Å². The minimum Gasteiger partial charge on any atom is -0.287 e. The van der Waals surface area contributed by atoms with Gasteiger partial charge >= 0.3 is 0 Å². The van der Waals surface area contributed by atoms with Crippen LogP contribution in [0.4, 0.5) is 0 Å². The van der Waals surface area contributed by atoms with E-state index in [1.54, 1.807) is 16.8 Å². The highest BCUT2D eigenvalue weighted by Gasteiger charge is 2.39. The molecule has 0 saturated heterocycles. The van der Waals surface area contributed by atoms with Gasteiger partial charge in [0.25, 0.3) is 5.56 Å². The van der Waals surface area contributed by atoms with Crippen molar-refractivity contribution in [3.8, 4) is 0 Å². The van der Waals surface area contributed by atoms with Gasteiger partial charge in [0.2, 0.25) is 5.16 Å². The summed E-state index contributed by atoms with van der Waals surface area (Å²) in [6.07, 6.45) is 4.38. The van der Waals surface area contributed by atoms with Gasteiger partial charge in [-0.2, -0.15) is 0 Å². The molecule has 0 spiro atoms. The predicted molar refractivity (Wildman–Crippen MR) is 74.6 cm³/mol. The summed E-state index contributed by atoms with van der Waals surface area (Å²) in [5.74, 6) is 0. The zero-order chi connectivity index (χ0) is 13.1. The molecular formula is C12H10BrN3O2S. The SMILES string of the molecule is O=c1c(Br)cc2cnc3nc2n1C1CCCC1S3=O. The van der Waals surface area contributed by atoms with Crippen LogP contribution in [0.5, 0.6) is 0 Å². The maximum absolute atomic E-state index is 12.5. The Morgan fingerprint density at radius 2 is 2.26 bits per heavy atom. The Hall–Kier alpha value is -1.08. The van der Waals surface area contributed by atoms with Crippen molar-refractivity contribution in [2.24, 2.45) is 0 Å². The molecule has 3 unspecified atom stereocenters. The fourth-order valence-electron chi connectivity index (χ4n) is 3.06. The molecule has 0 radical (unpaired) electrons. The molecule has 7 heteroatoms. The quantitative estimate of drug-likeness (QED) is 0.686. The summed E-state index contributed by atoms with van der Waals surface area (Å²) < 4.78 is 14.7. The van der Waals surface area contributed by atoms with Crippen molar-refractivity contribution >= 4 is 37.8 Å². The van der Waals surface area contributed by atoms with Crippen molar-refractivity contribution in [2.45, 2.75) is 35.7 Å². The van der Waals surface area contributed by atoms with E-state index >= 15 is 0 Å². The molecular weight excluding hydrogens is 330 g/mol. The molecule has 2 aromatic heterocycles. The zero-order valence-corrected chi connectivity index (χ0v) is 12.3. The molecule has 1 aliphatic heterocycles. The summed E-state index contributed by atoms with van der Waals surface area (Å²) in [7, 11) is -1.22. The van der Waals surface area contributed by atoms with Gasteiger partial charge in [-0.15, -0.1) is 0 Å². The predicted octanol–water partition coefficient (Wildman–Crippen LogP) is 1.77. The van der Waals surface area contributed by atoms with Gasteiger partial charge in [0, 0.05) is 11.6 Å². The number of aromatic nitrogens is 3. The van der Waals surface area contributed by atoms with Gasteiger partial charge in [-0.3, -0.25) is 13.6 Å². The maximum atomic E-state index is 12.5. The van der Waals surface area contributed by atoms with E-state index in [2.05, 4.69) is 25.9 Å². The molecule has 3 heterocycles. The van der Waals surface area contributed by atoms with E-state index in [1.165, 1.54) is 0 Å². The Morgan fingerprint density at radius 1 is 1.42 bits per heavy atom. The first-order chi connectivity index (χ1) is 9.16. The zero-order valence-electron chi connectivity index (χ0n) is 9.88. The molecule has 1 aliphatic carbocycles. The topological polar surface area (TPSA) is 64.8 Å². The van der Waals surface area contributed by atoms with E-state index in [9.17, 15) is 9.00 Å². The second-order valence-corrected chi connectivity index (χ2v) is 7.35. The molecule has 3 atom stereocenters. The minimum atomic E-state index is -1.22. The number of hydrogen-bond acceptors (Lipinski definition) is 4. The molecule has 2 aliphatic rings. The van der Waals surface area contributed by atoms with Crippen LogP contribution in [0.15, 0.2) is 26.7 Å². The highest BCUT2D eigenvalue weighted by Crippen LogP contribution is 2.38. The largest absolute Gasteiger partial charge is 0.287 e. The Balaban J connectivity index is 2.18. The van der Waals surface area contributed by atoms with Crippen molar-refractivity contribution in [1.29, 1.82) is 0 Å². The molecule has 0 N–H and O–H groups in total. The highest BCUT2D eigenvalue weighted by atomic mass is 79.9. The van der Waals surface area contributed by atoms with E-state index in [0.29, 0.717) is 15.3 Å². The standard InChI is InChI=1S/C12H10BrN3O2S/c13-7-4-6-5-14-12-15-10(6)16(11(7)17)8-2-1-3-9(8)19(12)18/h4-5,8-9H,1-3H2. The number of hydrogen-bond donors (Lipinski definition) is 0. The van der Waals surface area contributed by atoms with Gasteiger partial charge in [0.15, 0.2) is 0 Å². The molecule has 5 nitrogen and oxygen atoms in total. The lowest BCUT2D eigenvalue weighted by atomic mass is 10.2. The van der Waals surface area contributed by atoms with Crippen LogP contribution in [-0.2, 0) is 10.8 Å². The fraction of sp³-hybridized carbons (Fsp3) is 0.417. The van der Waals surface area contributed by atoms with Crippen molar-refractivity contribution in [2.75, 3.05) is 0 Å². The summed E-state index contributed by atoms with van der Waals surface area (Å²) in [6, 6.07) is 1.71. The van der Waals surface area contributed by atoms with Crippen LogP contribution in [0.1, 0.15) is 25.3 Å². The highest BCUT2D eigenvalue weighted by molar-refractivity contribution is 9.10. The molecule has 2 bridgehead atoms. The number of halogens is 1. The summed E-state index contributed by atoms with van der Waals surface area (Å²) in [6.45, 7) is 0. The minimum absolute atomic E-state index is 0.0254. The molecule has 4 rings (SSSR count). The first-order valence-electron chi connectivity index (χ1n) is 6.15. The average Bonchev–Trinajstić information content (AvgIpc) is 2.84. The molecule has 0 amide bonds. The smallest absolute Gasteiger partial charge is 0.266 e. The van der Waals surface area contributed by atoms with Crippen LogP contribution in [0, 0.1) is 0 Å². The lowest BCUT2D eigenvalue weighted by Crippen LogP contribution is -2.30. The molecule has 19 heavy (non-hydrogen) atoms. The van der Waals surface area contributed by atoms with Gasteiger partial charge in [0.1, 0.15) is 5.65 Å². The van der Waals surface area contributed by atoms with Crippen LogP contribution >= 0.6 is 15.9 Å². The summed E-state index contributed by atoms with van der Waals surface area (Å²) in [5, 5.41) is 1.12. The summed E-state index contributed by atoms with van der Waals surface area (Å²) in [4.78, 5) is 20.9. The lowest BCUT2D eigenvalue weighted by Gasteiger charge is -2.18. The Kier molecular flexibility index (Phi) is 2.44. The number of rotatable bonds is 0. The van der Waals surface area contributed by atoms with Crippen LogP contribution in [0.2, 0.25) is 0 Å². The number of pyridine rings is 1. The van der Waals surface area contributed by atoms with Crippen molar-refractivity contribution in [3.63, 3.8) is 0 Å². The third-order valence-corrected chi connectivity index (χ3v) is 6.14. The van der Waals surface area contributed by atoms with E-state index < -0.39 is 10.8 Å². The summed E-state index contributed by atoms with van der Waals surface area (Å²) in [5.41, 5.74) is 0.522. The molecule has 2 aromatic rings. The van der Waals surface area contributed by atoms with Gasteiger partial charge in [-0.1, -0.05) is 6.42 Å². The number of fused-ring (bicyclic) bond motifs is 3. The van der Waals surface area contributed by atoms with Crippen LogP contribution in [0.3, 0.4) is 0 Å². The normalized spacial score (nSPS) is 28.6. The Labute approximate surface area is 119 Å². The third-order valence-electron chi connectivity index (χ3n) is 3.91. The first-order valence-corrected chi connectivity index (χ1v) is 8.16. The Bertz CT molecular complexity index is 788. The maximum Gasteiger partial charge on any atom is 0.266 e. The molecule has 0 aromatic carbocycles. The van der Waals surface area contributed by atoms with Crippen LogP contribution in [0.25, 0.3) is 11.0 Å². The van der Waals surface area contributed by atoms with E-state index in [4.69, 9.17) is 0 Å². The van der Waals surface area contributed by atoms with Crippen molar-refractivity contribution in [1.82, 2.24) is 14.5 Å². The second-order valence-electron chi connectivity index (χ2n) is 4.93. The van der Waals surface area contributed by atoms with Crippen molar-refractivity contribution in [3.05, 3.63) is 27.1 Å². The number of nitrogens with zero attached hydrogens (tertiary/aromatic N) is 3. The molecule has 98 valence electrons. The average molecular weight is 340 g/mol. The third kappa shape index (κ3) is 1.51. The van der Waals surface area contributed by atoms with E-state index in [-0.39, 0.29) is 16.9 Å². The Morgan fingerprint density at radius 3 is 3.11 bits per heavy atom. The van der Waals surface area contributed by atoms with E-state index in [0.717, 1.165) is 24.6 Å². The fourth-order valence-corrected chi connectivity index (χ4v) is 5.03.